The second kappa shape index (κ2) is 6.09. The molecule has 26 heavy (non-hydrogen) atoms. The quantitative estimate of drug-likeness (QED) is 0.670. The van der Waals surface area contributed by atoms with Crippen molar-refractivity contribution in [1.29, 1.82) is 0 Å². The van der Waals surface area contributed by atoms with Crippen LogP contribution in [0.25, 0.3) is 11.2 Å². The van der Waals surface area contributed by atoms with Crippen molar-refractivity contribution in [2.24, 2.45) is 14.1 Å². The van der Waals surface area contributed by atoms with Crippen molar-refractivity contribution in [3.63, 3.8) is 0 Å². The lowest BCUT2D eigenvalue weighted by Gasteiger charge is -2.19. The summed E-state index contributed by atoms with van der Waals surface area (Å²) in [5.41, 5.74) is 1.33. The molecule has 3 aromatic rings. The molecule has 136 valence electrons. The third kappa shape index (κ3) is 2.89. The Kier molecular flexibility index (Phi) is 4.18. The van der Waals surface area contributed by atoms with Crippen LogP contribution in [0.15, 0.2) is 40.2 Å². The van der Waals surface area contributed by atoms with Gasteiger partial charge in [-0.05, 0) is 11.0 Å². The summed E-state index contributed by atoms with van der Waals surface area (Å²) in [6.45, 7) is 6.35. The summed E-state index contributed by atoms with van der Waals surface area (Å²) in [7, 11) is 2.97. The summed E-state index contributed by atoms with van der Waals surface area (Å²) in [5, 5.41) is 0. The first-order valence-electron chi connectivity index (χ1n) is 8.36. The van der Waals surface area contributed by atoms with E-state index in [2.05, 4.69) is 25.8 Å². The molecule has 1 aromatic carbocycles. The number of aryl methyl sites for hydroxylation is 1. The molecular weight excluding hydrogens is 332 g/mol. The molecule has 2 heterocycles. The van der Waals surface area contributed by atoms with E-state index in [0.29, 0.717) is 11.2 Å². The molecule has 0 unspecified atom stereocenters. The van der Waals surface area contributed by atoms with E-state index in [0.717, 1.165) is 10.1 Å². The topological polar surface area (TPSA) is 78.9 Å². The third-order valence-corrected chi connectivity index (χ3v) is 4.60. The Hall–Kier alpha value is -2.96. The minimum atomic E-state index is -0.469. The molecule has 7 nitrogen and oxygen atoms in total. The Morgan fingerprint density at radius 1 is 1.04 bits per heavy atom. The molecule has 0 fully saturated rings. The second-order valence-corrected chi connectivity index (χ2v) is 7.50. The molecule has 0 saturated carbocycles. The van der Waals surface area contributed by atoms with Gasteiger partial charge in [0.05, 0.1) is 12.9 Å². The lowest BCUT2D eigenvalue weighted by Crippen LogP contribution is -2.37. The summed E-state index contributed by atoms with van der Waals surface area (Å²) in [4.78, 5) is 41.1. The van der Waals surface area contributed by atoms with E-state index in [1.54, 1.807) is 19.2 Å². The standard InChI is InChI=1S/C19H22N4O3/c1-19(2,3)13-8-6-12(7-9-13)14(24)10-23-11-20-15-16(23)21(4)18(26)22(5)17(15)25/h6-9,11H,10H2,1-5H3. The van der Waals surface area contributed by atoms with Crippen molar-refractivity contribution in [3.8, 4) is 0 Å². The second-order valence-electron chi connectivity index (χ2n) is 7.50. The van der Waals surface area contributed by atoms with Crippen LogP contribution in [0.4, 0.5) is 0 Å². The molecule has 0 radical (unpaired) electrons. The van der Waals surface area contributed by atoms with Gasteiger partial charge in [-0.2, -0.15) is 0 Å². The van der Waals surface area contributed by atoms with Gasteiger partial charge >= 0.3 is 5.69 Å². The molecule has 0 aliphatic heterocycles. The molecule has 0 amide bonds. The molecule has 0 aliphatic carbocycles. The number of hydrogen-bond acceptors (Lipinski definition) is 4. The summed E-state index contributed by atoms with van der Waals surface area (Å²) < 4.78 is 3.88. The van der Waals surface area contributed by atoms with E-state index in [4.69, 9.17) is 0 Å². The smallest absolute Gasteiger partial charge is 0.309 e. The third-order valence-electron chi connectivity index (χ3n) is 4.60. The highest BCUT2D eigenvalue weighted by Gasteiger charge is 2.17. The predicted molar refractivity (Wildman–Crippen MR) is 99.7 cm³/mol. The van der Waals surface area contributed by atoms with Crippen LogP contribution in [0, 0.1) is 0 Å². The number of Topliss-reactive ketones (excluding diaryl/α,β-unsaturated/α-hetero) is 1. The van der Waals surface area contributed by atoms with Crippen LogP contribution in [0.2, 0.25) is 0 Å². The number of nitrogens with zero attached hydrogens (tertiary/aromatic N) is 4. The van der Waals surface area contributed by atoms with E-state index >= 15 is 0 Å². The first kappa shape index (κ1) is 17.8. The Bertz CT molecular complexity index is 1110. The summed E-state index contributed by atoms with van der Waals surface area (Å²) >= 11 is 0. The molecule has 2 aromatic heterocycles. The van der Waals surface area contributed by atoms with Gasteiger partial charge in [-0.25, -0.2) is 9.78 Å². The fourth-order valence-corrected chi connectivity index (χ4v) is 2.96. The van der Waals surface area contributed by atoms with Crippen LogP contribution < -0.4 is 11.2 Å². The van der Waals surface area contributed by atoms with Gasteiger partial charge in [0.1, 0.15) is 5.65 Å². The minimum absolute atomic E-state index is 0.00577. The number of ketones is 1. The molecule has 0 spiro atoms. The van der Waals surface area contributed by atoms with E-state index in [9.17, 15) is 14.4 Å². The van der Waals surface area contributed by atoms with Gasteiger partial charge in [-0.3, -0.25) is 18.7 Å². The van der Waals surface area contributed by atoms with E-state index < -0.39 is 11.2 Å². The van der Waals surface area contributed by atoms with Crippen molar-refractivity contribution in [2.75, 3.05) is 0 Å². The maximum absolute atomic E-state index is 12.6. The number of hydrogen-bond donors (Lipinski definition) is 0. The lowest BCUT2D eigenvalue weighted by atomic mass is 9.86. The zero-order valence-electron chi connectivity index (χ0n) is 15.6. The molecule has 7 heteroatoms. The van der Waals surface area contributed by atoms with Crippen molar-refractivity contribution in [2.45, 2.75) is 32.7 Å². The zero-order valence-corrected chi connectivity index (χ0v) is 15.6. The lowest BCUT2D eigenvalue weighted by molar-refractivity contribution is 0.0973. The van der Waals surface area contributed by atoms with Gasteiger partial charge in [-0.15, -0.1) is 0 Å². The highest BCUT2D eigenvalue weighted by molar-refractivity contribution is 5.96. The number of aromatic nitrogens is 4. The molecule has 0 saturated heterocycles. The Morgan fingerprint density at radius 2 is 1.65 bits per heavy atom. The average molecular weight is 354 g/mol. The number of benzene rings is 1. The van der Waals surface area contributed by atoms with Crippen molar-refractivity contribution in [1.82, 2.24) is 18.7 Å². The number of imidazole rings is 1. The van der Waals surface area contributed by atoms with Gasteiger partial charge < -0.3 is 4.57 Å². The molecule has 0 N–H and O–H groups in total. The summed E-state index contributed by atoms with van der Waals surface area (Å²) in [6.07, 6.45) is 1.42. The molecule has 0 atom stereocenters. The highest BCUT2D eigenvalue weighted by Crippen LogP contribution is 2.22. The Morgan fingerprint density at radius 3 is 2.23 bits per heavy atom. The van der Waals surface area contributed by atoms with E-state index in [1.165, 1.54) is 22.5 Å². The SMILES string of the molecule is Cn1c(=O)c2ncn(CC(=O)c3ccc(C(C)(C)C)cc3)c2n(C)c1=O. The maximum atomic E-state index is 12.6. The van der Waals surface area contributed by atoms with Crippen LogP contribution in [0.5, 0.6) is 0 Å². The van der Waals surface area contributed by atoms with Gasteiger partial charge in [0.15, 0.2) is 11.3 Å². The minimum Gasteiger partial charge on any atom is -0.309 e. The fraction of sp³-hybridized carbons (Fsp3) is 0.368. The zero-order chi connectivity index (χ0) is 19.2. The van der Waals surface area contributed by atoms with Crippen LogP contribution in [-0.4, -0.2) is 24.5 Å². The predicted octanol–water partition coefficient (Wildman–Crippen LogP) is 1.61. The molecule has 0 aliphatic rings. The van der Waals surface area contributed by atoms with Crippen LogP contribution >= 0.6 is 0 Å². The first-order valence-corrected chi connectivity index (χ1v) is 8.36. The van der Waals surface area contributed by atoms with E-state index in [-0.39, 0.29) is 23.3 Å². The largest absolute Gasteiger partial charge is 0.332 e. The Balaban J connectivity index is 1.98. The number of carbonyl (C=O) groups excluding carboxylic acids is 1. The number of carbonyl (C=O) groups is 1. The molecule has 0 bridgehead atoms. The van der Waals surface area contributed by atoms with Crippen molar-refractivity contribution in [3.05, 3.63) is 62.6 Å². The first-order chi connectivity index (χ1) is 12.1. The van der Waals surface area contributed by atoms with Crippen molar-refractivity contribution >= 4 is 16.9 Å². The molecule has 3 rings (SSSR count). The average Bonchev–Trinajstić information content (AvgIpc) is 3.01. The number of rotatable bonds is 3. The van der Waals surface area contributed by atoms with Crippen LogP contribution in [-0.2, 0) is 26.1 Å². The van der Waals surface area contributed by atoms with Gasteiger partial charge in [-0.1, -0.05) is 45.0 Å². The van der Waals surface area contributed by atoms with Gasteiger partial charge in [0, 0.05) is 19.7 Å². The summed E-state index contributed by atoms with van der Waals surface area (Å²) in [6, 6.07) is 7.51. The highest BCUT2D eigenvalue weighted by atomic mass is 16.2. The van der Waals surface area contributed by atoms with E-state index in [1.807, 2.05) is 12.1 Å². The van der Waals surface area contributed by atoms with Gasteiger partial charge in [0.25, 0.3) is 5.56 Å². The summed E-state index contributed by atoms with van der Waals surface area (Å²) in [5.74, 6) is -0.113. The van der Waals surface area contributed by atoms with Gasteiger partial charge in [0.2, 0.25) is 0 Å². The van der Waals surface area contributed by atoms with Crippen LogP contribution in [0.3, 0.4) is 0 Å². The molecular formula is C19H22N4O3. The fourth-order valence-electron chi connectivity index (χ4n) is 2.96. The van der Waals surface area contributed by atoms with Crippen molar-refractivity contribution < 1.29 is 4.79 Å². The normalized spacial score (nSPS) is 11.9. The Labute approximate surface area is 150 Å². The monoisotopic (exact) mass is 354 g/mol. The van der Waals surface area contributed by atoms with Crippen LogP contribution in [0.1, 0.15) is 36.7 Å². The maximum Gasteiger partial charge on any atom is 0.332 e. The number of fused-ring (bicyclic) bond motifs is 1.